The van der Waals surface area contributed by atoms with Crippen molar-refractivity contribution in [3.8, 4) is 0 Å². The predicted molar refractivity (Wildman–Crippen MR) is 107 cm³/mol. The number of hydrogen-bond donors (Lipinski definition) is 1. The van der Waals surface area contributed by atoms with Gasteiger partial charge in [0, 0.05) is 17.3 Å². The fraction of sp³-hybridized carbons (Fsp3) is 0.136. The first kappa shape index (κ1) is 18.0. The van der Waals surface area contributed by atoms with E-state index in [1.54, 1.807) is 29.3 Å². The molecule has 140 valence electrons. The summed E-state index contributed by atoms with van der Waals surface area (Å²) in [7, 11) is 0. The number of aryl methyl sites for hydroxylation is 1. The number of fused-ring (bicyclic) bond motifs is 1. The van der Waals surface area contributed by atoms with Gasteiger partial charge >= 0.3 is 0 Å². The Morgan fingerprint density at radius 1 is 1.07 bits per heavy atom. The lowest BCUT2D eigenvalue weighted by atomic mass is 9.99. The molecular weight excluding hydrogens is 355 g/mol. The highest BCUT2D eigenvalue weighted by Crippen LogP contribution is 2.29. The van der Waals surface area contributed by atoms with Crippen molar-refractivity contribution in [2.75, 3.05) is 4.90 Å². The third-order valence-electron chi connectivity index (χ3n) is 4.66. The first-order valence-electron chi connectivity index (χ1n) is 8.95. The van der Waals surface area contributed by atoms with Crippen LogP contribution < -0.4 is 10.6 Å². The topological polar surface area (TPSA) is 71.6 Å². The van der Waals surface area contributed by atoms with Crippen molar-refractivity contribution < 1.29 is 9.18 Å². The highest BCUT2D eigenvalue weighted by molar-refractivity contribution is 6.20. The number of pyridine rings is 1. The van der Waals surface area contributed by atoms with E-state index >= 15 is 0 Å². The normalized spacial score (nSPS) is 16.4. The molecule has 1 amide bonds. The van der Waals surface area contributed by atoms with Crippen LogP contribution in [0.25, 0.3) is 0 Å². The summed E-state index contributed by atoms with van der Waals surface area (Å²) in [5.74, 6) is -0.772. The molecule has 3 aromatic rings. The Bertz CT molecular complexity index is 1080. The third-order valence-corrected chi connectivity index (χ3v) is 4.66. The summed E-state index contributed by atoms with van der Waals surface area (Å²) in [5.41, 5.74) is 9.85. The number of rotatable bonds is 3. The molecule has 1 unspecified atom stereocenters. The monoisotopic (exact) mass is 374 g/mol. The van der Waals surface area contributed by atoms with E-state index in [2.05, 4.69) is 9.98 Å². The maximum absolute atomic E-state index is 14.5. The standard InChI is InChI=1S/C22H19FN4O/c1-14-10-11-25-15(12-14)13-27-19-9-5-3-7-17(19)20(26-21(24)22(27)28)16-6-2-4-8-18(16)23/h2-12,21H,13,24H2,1H3. The van der Waals surface area contributed by atoms with Crippen LogP contribution in [0.3, 0.4) is 0 Å². The molecule has 4 rings (SSSR count). The minimum atomic E-state index is -1.13. The largest absolute Gasteiger partial charge is 0.303 e. The van der Waals surface area contributed by atoms with E-state index in [0.29, 0.717) is 22.5 Å². The molecule has 2 N–H and O–H groups in total. The van der Waals surface area contributed by atoms with Crippen LogP contribution in [0.5, 0.6) is 0 Å². The zero-order chi connectivity index (χ0) is 19.7. The lowest BCUT2D eigenvalue weighted by Gasteiger charge is -2.24. The van der Waals surface area contributed by atoms with E-state index in [4.69, 9.17) is 5.73 Å². The molecule has 6 heteroatoms. The van der Waals surface area contributed by atoms with Crippen molar-refractivity contribution in [2.45, 2.75) is 19.6 Å². The first-order valence-corrected chi connectivity index (χ1v) is 8.95. The van der Waals surface area contributed by atoms with Gasteiger partial charge in [-0.15, -0.1) is 0 Å². The average Bonchev–Trinajstić information content (AvgIpc) is 2.79. The molecule has 5 nitrogen and oxygen atoms in total. The number of halogens is 1. The quantitative estimate of drug-likeness (QED) is 0.765. The Morgan fingerprint density at radius 3 is 2.54 bits per heavy atom. The SMILES string of the molecule is Cc1ccnc(CN2C(=O)C(N)N=C(c3ccccc3F)c3ccccc32)c1. The second-order valence-electron chi connectivity index (χ2n) is 6.67. The second-order valence-corrected chi connectivity index (χ2v) is 6.67. The first-order chi connectivity index (χ1) is 13.5. The third kappa shape index (κ3) is 3.30. The number of benzene rings is 2. The minimum Gasteiger partial charge on any atom is -0.303 e. The molecule has 2 heterocycles. The molecule has 0 radical (unpaired) electrons. The Labute approximate surface area is 162 Å². The number of aliphatic imine (C=N–C) groups is 1. The lowest BCUT2D eigenvalue weighted by molar-refractivity contribution is -0.119. The van der Waals surface area contributed by atoms with Crippen LogP contribution in [0.1, 0.15) is 22.4 Å². The van der Waals surface area contributed by atoms with Crippen LogP contribution in [-0.4, -0.2) is 22.8 Å². The minimum absolute atomic E-state index is 0.255. The molecule has 1 aliphatic rings. The van der Waals surface area contributed by atoms with Gasteiger partial charge in [0.15, 0.2) is 6.17 Å². The summed E-state index contributed by atoms with van der Waals surface area (Å²) >= 11 is 0. The van der Waals surface area contributed by atoms with Crippen molar-refractivity contribution >= 4 is 17.3 Å². The number of anilines is 1. The fourth-order valence-electron chi connectivity index (χ4n) is 3.33. The molecule has 0 aliphatic carbocycles. The summed E-state index contributed by atoms with van der Waals surface area (Å²) in [4.78, 5) is 23.3. The number of aromatic nitrogens is 1. The number of hydrogen-bond acceptors (Lipinski definition) is 4. The van der Waals surface area contributed by atoms with Crippen LogP contribution >= 0.6 is 0 Å². The fourth-order valence-corrected chi connectivity index (χ4v) is 3.33. The number of para-hydroxylation sites is 1. The maximum atomic E-state index is 14.5. The molecule has 0 saturated carbocycles. The summed E-state index contributed by atoms with van der Waals surface area (Å²) in [6.07, 6.45) is 0.576. The average molecular weight is 374 g/mol. The van der Waals surface area contributed by atoms with Gasteiger partial charge in [-0.25, -0.2) is 4.39 Å². The van der Waals surface area contributed by atoms with E-state index in [-0.39, 0.29) is 12.5 Å². The Balaban J connectivity index is 1.85. The molecule has 0 spiro atoms. The molecule has 28 heavy (non-hydrogen) atoms. The van der Waals surface area contributed by atoms with Crippen LogP contribution in [-0.2, 0) is 11.3 Å². The molecule has 1 aromatic heterocycles. The van der Waals surface area contributed by atoms with Gasteiger partial charge in [-0.2, -0.15) is 0 Å². The van der Waals surface area contributed by atoms with Gasteiger partial charge in [-0.05, 0) is 42.8 Å². The summed E-state index contributed by atoms with van der Waals surface area (Å²) in [6.45, 7) is 2.22. The van der Waals surface area contributed by atoms with Gasteiger partial charge in [0.1, 0.15) is 5.82 Å². The summed E-state index contributed by atoms with van der Waals surface area (Å²) < 4.78 is 14.5. The lowest BCUT2D eigenvalue weighted by Crippen LogP contribution is -2.42. The second kappa shape index (κ2) is 7.32. The zero-order valence-corrected chi connectivity index (χ0v) is 15.3. The molecule has 0 bridgehead atoms. The number of benzodiazepines with no additional fused rings is 1. The van der Waals surface area contributed by atoms with Gasteiger partial charge in [0.25, 0.3) is 5.91 Å². The van der Waals surface area contributed by atoms with Crippen LogP contribution in [0.15, 0.2) is 71.9 Å². The highest BCUT2D eigenvalue weighted by Gasteiger charge is 2.30. The summed E-state index contributed by atoms with van der Waals surface area (Å²) in [6, 6.07) is 17.5. The molecule has 0 fully saturated rings. The number of nitrogens with zero attached hydrogens (tertiary/aromatic N) is 3. The van der Waals surface area contributed by atoms with Crippen molar-refractivity contribution in [1.82, 2.24) is 4.98 Å². The summed E-state index contributed by atoms with van der Waals surface area (Å²) in [5, 5.41) is 0. The van der Waals surface area contributed by atoms with Gasteiger partial charge in [-0.3, -0.25) is 14.8 Å². The molecule has 1 aliphatic heterocycles. The number of carbonyl (C=O) groups is 1. The molecule has 1 atom stereocenters. The Hall–Kier alpha value is -3.38. The van der Waals surface area contributed by atoms with Gasteiger partial charge in [0.2, 0.25) is 0 Å². The molecule has 2 aromatic carbocycles. The number of carbonyl (C=O) groups excluding carboxylic acids is 1. The van der Waals surface area contributed by atoms with E-state index in [0.717, 1.165) is 11.3 Å². The highest BCUT2D eigenvalue weighted by atomic mass is 19.1. The number of nitrogens with two attached hydrogens (primary N) is 1. The van der Waals surface area contributed by atoms with Crippen LogP contribution in [0.2, 0.25) is 0 Å². The van der Waals surface area contributed by atoms with E-state index in [9.17, 15) is 9.18 Å². The van der Waals surface area contributed by atoms with E-state index in [1.165, 1.54) is 6.07 Å². The number of amides is 1. The predicted octanol–water partition coefficient (Wildman–Crippen LogP) is 3.20. The smallest absolute Gasteiger partial charge is 0.266 e. The van der Waals surface area contributed by atoms with Crippen LogP contribution in [0.4, 0.5) is 10.1 Å². The van der Waals surface area contributed by atoms with Crippen molar-refractivity contribution in [1.29, 1.82) is 0 Å². The van der Waals surface area contributed by atoms with E-state index < -0.39 is 12.0 Å². The van der Waals surface area contributed by atoms with Crippen LogP contribution in [0, 0.1) is 12.7 Å². The molecular formula is C22H19FN4O. The van der Waals surface area contributed by atoms with Gasteiger partial charge < -0.3 is 10.6 Å². The molecule has 0 saturated heterocycles. The maximum Gasteiger partial charge on any atom is 0.266 e. The van der Waals surface area contributed by atoms with E-state index in [1.807, 2.05) is 43.3 Å². The zero-order valence-electron chi connectivity index (χ0n) is 15.3. The van der Waals surface area contributed by atoms with Gasteiger partial charge in [-0.1, -0.05) is 30.3 Å². The van der Waals surface area contributed by atoms with Crippen molar-refractivity contribution in [2.24, 2.45) is 10.7 Å². The Morgan fingerprint density at radius 2 is 1.79 bits per heavy atom. The van der Waals surface area contributed by atoms with Gasteiger partial charge in [0.05, 0.1) is 23.6 Å². The van der Waals surface area contributed by atoms with Crippen molar-refractivity contribution in [3.05, 3.63) is 95.1 Å². The Kier molecular flexibility index (Phi) is 4.71. The van der Waals surface area contributed by atoms with Crippen molar-refractivity contribution in [3.63, 3.8) is 0 Å².